The first kappa shape index (κ1) is 18.9. The van der Waals surface area contributed by atoms with Crippen molar-refractivity contribution < 1.29 is 22.7 Å². The van der Waals surface area contributed by atoms with Gasteiger partial charge >= 0.3 is 12.3 Å². The average Bonchev–Trinajstić information content (AvgIpc) is 3.28. The minimum atomic E-state index is -4.50. The molecule has 2 heterocycles. The van der Waals surface area contributed by atoms with E-state index in [1.54, 1.807) is 4.90 Å². The summed E-state index contributed by atoms with van der Waals surface area (Å²) in [5.74, 6) is 1.15. The number of hydrogen-bond acceptors (Lipinski definition) is 4. The Kier molecular flexibility index (Phi) is 4.88. The number of aromatic nitrogens is 2. The second-order valence-electron chi connectivity index (χ2n) is 8.21. The Morgan fingerprint density at radius 3 is 2.62 bits per heavy atom. The van der Waals surface area contributed by atoms with E-state index in [0.29, 0.717) is 36.9 Å². The largest absolute Gasteiger partial charge is 0.444 e. The van der Waals surface area contributed by atoms with Gasteiger partial charge in [-0.05, 0) is 58.3 Å². The van der Waals surface area contributed by atoms with Gasteiger partial charge in [0.25, 0.3) is 0 Å². The van der Waals surface area contributed by atoms with Crippen LogP contribution in [0.25, 0.3) is 0 Å². The lowest BCUT2D eigenvalue weighted by Gasteiger charge is -2.36. The third kappa shape index (κ3) is 4.65. The molecule has 144 valence electrons. The monoisotopic (exact) mass is 371 g/mol. The number of piperidine rings is 1. The molecule has 0 spiro atoms. The number of likely N-dealkylation sites (tertiary alicyclic amines) is 1. The predicted molar refractivity (Wildman–Crippen MR) is 88.3 cm³/mol. The zero-order chi connectivity index (χ0) is 19.1. The molecule has 1 amide bonds. The summed E-state index contributed by atoms with van der Waals surface area (Å²) in [5.41, 5.74) is -1.26. The Morgan fingerprint density at radius 1 is 1.23 bits per heavy atom. The summed E-state index contributed by atoms with van der Waals surface area (Å²) in [5, 5.41) is 0. The summed E-state index contributed by atoms with van der Waals surface area (Å²) >= 11 is 0. The van der Waals surface area contributed by atoms with Crippen LogP contribution in [0.5, 0.6) is 0 Å². The first-order chi connectivity index (χ1) is 12.0. The molecular formula is C18H24F3N3O2. The Balaban J connectivity index is 1.66. The highest BCUT2D eigenvalue weighted by molar-refractivity contribution is 5.69. The molecular weight excluding hydrogens is 347 g/mol. The van der Waals surface area contributed by atoms with Crippen molar-refractivity contribution in [2.75, 3.05) is 6.54 Å². The highest BCUT2D eigenvalue weighted by Crippen LogP contribution is 2.48. The molecule has 8 heteroatoms. The topological polar surface area (TPSA) is 55.3 Å². The zero-order valence-electron chi connectivity index (χ0n) is 15.2. The molecule has 0 aromatic carbocycles. The van der Waals surface area contributed by atoms with Crippen molar-refractivity contribution in [2.24, 2.45) is 11.8 Å². The Bertz CT molecular complexity index is 672. The van der Waals surface area contributed by atoms with Crippen LogP contribution in [0.2, 0.25) is 0 Å². The van der Waals surface area contributed by atoms with Gasteiger partial charge in [-0.1, -0.05) is 0 Å². The van der Waals surface area contributed by atoms with Gasteiger partial charge in [0.1, 0.15) is 5.60 Å². The molecule has 0 unspecified atom stereocenters. The lowest BCUT2D eigenvalue weighted by molar-refractivity contribution is -0.141. The van der Waals surface area contributed by atoms with Crippen LogP contribution in [0.15, 0.2) is 12.4 Å². The summed E-state index contributed by atoms with van der Waals surface area (Å²) in [6, 6.07) is -0.0371. The fraction of sp³-hybridized carbons (Fsp3) is 0.722. The van der Waals surface area contributed by atoms with Crippen LogP contribution in [-0.4, -0.2) is 39.1 Å². The first-order valence-corrected chi connectivity index (χ1v) is 8.90. The van der Waals surface area contributed by atoms with Crippen LogP contribution in [0.1, 0.15) is 51.4 Å². The van der Waals surface area contributed by atoms with Crippen molar-refractivity contribution in [3.05, 3.63) is 23.8 Å². The molecule has 2 aliphatic rings. The number of amides is 1. The van der Waals surface area contributed by atoms with E-state index in [4.69, 9.17) is 4.74 Å². The van der Waals surface area contributed by atoms with E-state index in [9.17, 15) is 18.0 Å². The van der Waals surface area contributed by atoms with Crippen LogP contribution in [-0.2, 0) is 17.3 Å². The summed E-state index contributed by atoms with van der Waals surface area (Å²) in [7, 11) is 0. The molecule has 1 aromatic heterocycles. The molecule has 3 rings (SSSR count). The fourth-order valence-electron chi connectivity index (χ4n) is 3.50. The van der Waals surface area contributed by atoms with E-state index in [-0.39, 0.29) is 12.1 Å². The number of aryl methyl sites for hydroxylation is 1. The molecule has 0 bridgehead atoms. The van der Waals surface area contributed by atoms with Gasteiger partial charge in [0, 0.05) is 18.8 Å². The summed E-state index contributed by atoms with van der Waals surface area (Å²) < 4.78 is 43.8. The molecule has 0 radical (unpaired) electrons. The van der Waals surface area contributed by atoms with E-state index in [0.717, 1.165) is 19.0 Å². The van der Waals surface area contributed by atoms with Crippen LogP contribution in [0.3, 0.4) is 0 Å². The Hall–Kier alpha value is -1.86. The van der Waals surface area contributed by atoms with Crippen LogP contribution in [0.4, 0.5) is 18.0 Å². The van der Waals surface area contributed by atoms with E-state index in [1.165, 1.54) is 6.20 Å². The standard InChI is InChI=1S/C18H24F3N3O2/c1-17(2,3)26-16(25)24-10-12-6-11(12)7-14(24)5-4-13-8-22-9-15(23-13)18(19,20)21/h8-9,11-12,14H,4-7,10H2,1-3H3/t11-,12+,14-/m1/s1. The Morgan fingerprint density at radius 2 is 1.96 bits per heavy atom. The van der Waals surface area contributed by atoms with Gasteiger partial charge in [0.2, 0.25) is 0 Å². The maximum absolute atomic E-state index is 12.8. The smallest absolute Gasteiger partial charge is 0.434 e. The first-order valence-electron chi connectivity index (χ1n) is 8.90. The number of carbonyl (C=O) groups excluding carboxylic acids is 1. The van der Waals surface area contributed by atoms with Gasteiger partial charge < -0.3 is 9.64 Å². The normalized spacial score (nSPS) is 25.6. The molecule has 1 aliphatic heterocycles. The number of nitrogens with zero attached hydrogens (tertiary/aromatic N) is 3. The van der Waals surface area contributed by atoms with E-state index < -0.39 is 17.5 Å². The van der Waals surface area contributed by atoms with Crippen LogP contribution in [0, 0.1) is 11.8 Å². The maximum Gasteiger partial charge on any atom is 0.434 e. The molecule has 0 N–H and O–H groups in total. The second kappa shape index (κ2) is 6.70. The third-order valence-corrected chi connectivity index (χ3v) is 4.85. The van der Waals surface area contributed by atoms with Crippen LogP contribution < -0.4 is 0 Å². The number of carbonyl (C=O) groups is 1. The number of alkyl halides is 3. The predicted octanol–water partition coefficient (Wildman–Crippen LogP) is 4.07. The highest BCUT2D eigenvalue weighted by atomic mass is 19.4. The van der Waals surface area contributed by atoms with Gasteiger partial charge in [-0.2, -0.15) is 13.2 Å². The molecule has 1 saturated heterocycles. The number of hydrogen-bond donors (Lipinski definition) is 0. The SMILES string of the molecule is CC(C)(C)OC(=O)N1C[C@@H]2C[C@@H]2C[C@H]1CCc1cncc(C(F)(F)F)n1. The van der Waals surface area contributed by atoms with Crippen LogP contribution >= 0.6 is 0 Å². The fourth-order valence-corrected chi connectivity index (χ4v) is 3.50. The lowest BCUT2D eigenvalue weighted by atomic mass is 9.97. The molecule has 5 nitrogen and oxygen atoms in total. The highest BCUT2D eigenvalue weighted by Gasteiger charge is 2.47. The molecule has 1 saturated carbocycles. The number of ether oxygens (including phenoxy) is 1. The summed E-state index contributed by atoms with van der Waals surface area (Å²) in [6.07, 6.45) is 0.119. The van der Waals surface area contributed by atoms with Crippen molar-refractivity contribution in [3.8, 4) is 0 Å². The van der Waals surface area contributed by atoms with Gasteiger partial charge in [0.15, 0.2) is 5.69 Å². The maximum atomic E-state index is 12.8. The zero-order valence-corrected chi connectivity index (χ0v) is 15.2. The van der Waals surface area contributed by atoms with Gasteiger partial charge in [-0.25, -0.2) is 9.78 Å². The minimum absolute atomic E-state index is 0.0371. The molecule has 3 atom stereocenters. The number of fused-ring (bicyclic) bond motifs is 1. The number of halogens is 3. The summed E-state index contributed by atoms with van der Waals surface area (Å²) in [6.45, 7) is 6.13. The third-order valence-electron chi connectivity index (χ3n) is 4.85. The van der Waals surface area contributed by atoms with Crippen molar-refractivity contribution in [2.45, 2.75) is 64.3 Å². The van der Waals surface area contributed by atoms with Gasteiger partial charge in [0.05, 0.1) is 11.9 Å². The molecule has 26 heavy (non-hydrogen) atoms. The van der Waals surface area contributed by atoms with Gasteiger partial charge in [-0.3, -0.25) is 4.98 Å². The lowest BCUT2D eigenvalue weighted by Crippen LogP contribution is -2.47. The van der Waals surface area contributed by atoms with E-state index in [2.05, 4.69) is 9.97 Å². The van der Waals surface area contributed by atoms with Gasteiger partial charge in [-0.15, -0.1) is 0 Å². The molecule has 2 fully saturated rings. The van der Waals surface area contributed by atoms with Crippen molar-refractivity contribution in [3.63, 3.8) is 0 Å². The average molecular weight is 371 g/mol. The van der Waals surface area contributed by atoms with Crippen molar-refractivity contribution in [1.82, 2.24) is 14.9 Å². The molecule has 1 aromatic rings. The van der Waals surface area contributed by atoms with E-state index >= 15 is 0 Å². The minimum Gasteiger partial charge on any atom is -0.444 e. The Labute approximate surface area is 150 Å². The second-order valence-corrected chi connectivity index (χ2v) is 8.21. The quantitative estimate of drug-likeness (QED) is 0.804. The van der Waals surface area contributed by atoms with E-state index in [1.807, 2.05) is 20.8 Å². The van der Waals surface area contributed by atoms with Crippen molar-refractivity contribution in [1.29, 1.82) is 0 Å². The molecule has 1 aliphatic carbocycles. The van der Waals surface area contributed by atoms with Crippen molar-refractivity contribution >= 4 is 6.09 Å². The number of rotatable bonds is 3. The summed E-state index contributed by atoms with van der Waals surface area (Å²) in [4.78, 5) is 21.6.